The Bertz CT molecular complexity index is 1420. The van der Waals surface area contributed by atoms with E-state index in [0.29, 0.717) is 28.7 Å². The van der Waals surface area contributed by atoms with Gasteiger partial charge in [-0.05, 0) is 23.6 Å². The van der Waals surface area contributed by atoms with Crippen LogP contribution in [0.4, 0.5) is 5.95 Å². The number of anilines is 1. The van der Waals surface area contributed by atoms with Crippen molar-refractivity contribution in [3.05, 3.63) is 91.6 Å². The molecule has 2 aromatic heterocycles. The number of nitrogens with one attached hydrogen (secondary N) is 1. The zero-order valence-electron chi connectivity index (χ0n) is 19.1. The number of imidazole rings is 1. The van der Waals surface area contributed by atoms with Crippen molar-refractivity contribution in [1.82, 2.24) is 24.0 Å². The molecule has 0 aliphatic carbocycles. The highest BCUT2D eigenvalue weighted by molar-refractivity contribution is 6.31. The summed E-state index contributed by atoms with van der Waals surface area (Å²) in [6.07, 6.45) is 1.02. The number of aryl methyl sites for hydroxylation is 1. The van der Waals surface area contributed by atoms with Crippen LogP contribution in [0.3, 0.4) is 0 Å². The molecule has 34 heavy (non-hydrogen) atoms. The molecule has 1 aliphatic heterocycles. The number of piperazine rings is 1. The van der Waals surface area contributed by atoms with Crippen LogP contribution in [0.2, 0.25) is 5.02 Å². The predicted molar refractivity (Wildman–Crippen MR) is 135 cm³/mol. The topological polar surface area (TPSA) is 79.2 Å². The van der Waals surface area contributed by atoms with Gasteiger partial charge in [-0.25, -0.2) is 4.79 Å². The van der Waals surface area contributed by atoms with Crippen molar-refractivity contribution in [2.75, 3.05) is 37.6 Å². The van der Waals surface area contributed by atoms with Crippen molar-refractivity contribution in [3.63, 3.8) is 0 Å². The van der Waals surface area contributed by atoms with Gasteiger partial charge in [-0.2, -0.15) is 4.98 Å². The van der Waals surface area contributed by atoms with Crippen LogP contribution in [-0.4, -0.2) is 56.7 Å². The highest BCUT2D eigenvalue weighted by Crippen LogP contribution is 2.25. The molecule has 5 rings (SSSR count). The number of halogens is 1. The van der Waals surface area contributed by atoms with Crippen LogP contribution in [0.15, 0.2) is 64.2 Å². The zero-order chi connectivity index (χ0) is 23.7. The number of aromatic nitrogens is 4. The molecule has 1 N–H and O–H groups in total. The minimum atomic E-state index is -0.475. The quantitative estimate of drug-likeness (QED) is 0.460. The van der Waals surface area contributed by atoms with Gasteiger partial charge >= 0.3 is 5.69 Å². The molecule has 0 atom stereocenters. The van der Waals surface area contributed by atoms with Gasteiger partial charge in [-0.15, -0.1) is 0 Å². The lowest BCUT2D eigenvalue weighted by Gasteiger charge is -2.35. The van der Waals surface area contributed by atoms with Gasteiger partial charge in [0.15, 0.2) is 11.2 Å². The maximum absolute atomic E-state index is 12.8. The molecule has 3 heterocycles. The van der Waals surface area contributed by atoms with Crippen LogP contribution >= 0.6 is 11.6 Å². The molecular weight excluding hydrogens is 452 g/mol. The van der Waals surface area contributed by atoms with Crippen LogP contribution in [0.25, 0.3) is 11.2 Å². The standard InChI is InChI=1S/C25H27ClN6O2/c1-29-22-21(23(33)28-25(29)34)32(17-19-9-5-6-10-20(19)26)24(27-22)31-15-13-30(14-16-31)12-11-18-7-3-2-4-8-18/h2-10H,11-17H2,1H3,(H,28,33,34). The van der Waals surface area contributed by atoms with E-state index in [1.807, 2.05) is 34.9 Å². The molecule has 2 aromatic carbocycles. The molecule has 0 amide bonds. The Kier molecular flexibility index (Phi) is 6.26. The summed E-state index contributed by atoms with van der Waals surface area (Å²) < 4.78 is 3.27. The summed E-state index contributed by atoms with van der Waals surface area (Å²) in [6, 6.07) is 18.1. The van der Waals surface area contributed by atoms with Gasteiger partial charge in [0.25, 0.3) is 5.56 Å². The van der Waals surface area contributed by atoms with Gasteiger partial charge in [-0.1, -0.05) is 60.1 Å². The maximum Gasteiger partial charge on any atom is 0.329 e. The molecule has 1 aliphatic rings. The lowest BCUT2D eigenvalue weighted by atomic mass is 10.1. The van der Waals surface area contributed by atoms with Gasteiger partial charge in [0.1, 0.15) is 0 Å². The molecule has 1 saturated heterocycles. The van der Waals surface area contributed by atoms with E-state index in [9.17, 15) is 9.59 Å². The number of H-pyrrole nitrogens is 1. The highest BCUT2D eigenvalue weighted by atomic mass is 35.5. The third-order valence-electron chi connectivity index (χ3n) is 6.49. The van der Waals surface area contributed by atoms with Crippen LogP contribution in [0, 0.1) is 0 Å². The number of nitrogens with zero attached hydrogens (tertiary/aromatic N) is 5. The molecular formula is C25H27ClN6O2. The molecule has 0 saturated carbocycles. The number of rotatable bonds is 6. The van der Waals surface area contributed by atoms with Gasteiger partial charge in [0.2, 0.25) is 5.95 Å². The molecule has 0 bridgehead atoms. The first-order chi connectivity index (χ1) is 16.5. The van der Waals surface area contributed by atoms with Gasteiger partial charge < -0.3 is 4.90 Å². The monoisotopic (exact) mass is 478 g/mol. The molecule has 4 aromatic rings. The number of fused-ring (bicyclic) bond motifs is 1. The van der Waals surface area contributed by atoms with E-state index in [4.69, 9.17) is 16.6 Å². The van der Waals surface area contributed by atoms with E-state index in [-0.39, 0.29) is 0 Å². The van der Waals surface area contributed by atoms with E-state index in [1.165, 1.54) is 10.1 Å². The highest BCUT2D eigenvalue weighted by Gasteiger charge is 2.25. The SMILES string of the molecule is Cn1c(=O)[nH]c(=O)c2c1nc(N1CCN(CCc3ccccc3)CC1)n2Cc1ccccc1Cl. The first-order valence-electron chi connectivity index (χ1n) is 11.5. The summed E-state index contributed by atoms with van der Waals surface area (Å²) in [5, 5.41) is 0.627. The summed E-state index contributed by atoms with van der Waals surface area (Å²) in [4.78, 5) is 36.9. The molecule has 8 nitrogen and oxygen atoms in total. The number of benzene rings is 2. The fourth-order valence-corrected chi connectivity index (χ4v) is 4.71. The third kappa shape index (κ3) is 4.38. The van der Waals surface area contributed by atoms with Crippen LogP contribution in [0.5, 0.6) is 0 Å². The maximum atomic E-state index is 12.8. The van der Waals surface area contributed by atoms with Gasteiger partial charge in [-0.3, -0.25) is 23.8 Å². The summed E-state index contributed by atoms with van der Waals surface area (Å²) in [5.74, 6) is 0.685. The van der Waals surface area contributed by atoms with Crippen LogP contribution in [0.1, 0.15) is 11.1 Å². The lowest BCUT2D eigenvalue weighted by molar-refractivity contribution is 0.259. The molecule has 0 radical (unpaired) electrons. The van der Waals surface area contributed by atoms with E-state index in [1.54, 1.807) is 7.05 Å². The molecule has 176 valence electrons. The van der Waals surface area contributed by atoms with Gasteiger partial charge in [0.05, 0.1) is 6.54 Å². The Morgan fingerprint density at radius 2 is 1.68 bits per heavy atom. The summed E-state index contributed by atoms with van der Waals surface area (Å²) in [5.41, 5.74) is 2.07. The second-order valence-electron chi connectivity index (χ2n) is 8.64. The largest absolute Gasteiger partial charge is 0.340 e. The van der Waals surface area contributed by atoms with Crippen LogP contribution in [-0.2, 0) is 20.0 Å². The van der Waals surface area contributed by atoms with E-state index < -0.39 is 11.2 Å². The minimum Gasteiger partial charge on any atom is -0.340 e. The minimum absolute atomic E-state index is 0.377. The Hall–Kier alpha value is -3.36. The van der Waals surface area contributed by atoms with Crippen LogP contribution < -0.4 is 16.1 Å². The van der Waals surface area contributed by atoms with E-state index in [0.717, 1.165) is 44.7 Å². The second kappa shape index (κ2) is 9.48. The lowest BCUT2D eigenvalue weighted by Crippen LogP contribution is -2.47. The predicted octanol–water partition coefficient (Wildman–Crippen LogP) is 2.49. The molecule has 0 unspecified atom stereocenters. The molecule has 1 fully saturated rings. The summed E-state index contributed by atoms with van der Waals surface area (Å²) in [7, 11) is 1.62. The van der Waals surface area contributed by atoms with Crippen molar-refractivity contribution in [1.29, 1.82) is 0 Å². The first kappa shape index (κ1) is 22.4. The number of aromatic amines is 1. The number of hydrogen-bond acceptors (Lipinski definition) is 5. The third-order valence-corrected chi connectivity index (χ3v) is 6.86. The van der Waals surface area contributed by atoms with Crippen molar-refractivity contribution < 1.29 is 0 Å². The van der Waals surface area contributed by atoms with Gasteiger partial charge in [0, 0.05) is 44.8 Å². The van der Waals surface area contributed by atoms with Crippen molar-refractivity contribution in [2.24, 2.45) is 7.05 Å². The summed E-state index contributed by atoms with van der Waals surface area (Å²) in [6.45, 7) is 4.76. The Balaban J connectivity index is 1.43. The normalized spacial score (nSPS) is 14.7. The molecule has 0 spiro atoms. The summed E-state index contributed by atoms with van der Waals surface area (Å²) >= 11 is 6.44. The fraction of sp³-hybridized carbons (Fsp3) is 0.320. The fourth-order valence-electron chi connectivity index (χ4n) is 4.51. The molecule has 9 heteroatoms. The van der Waals surface area contributed by atoms with E-state index in [2.05, 4.69) is 39.0 Å². The van der Waals surface area contributed by atoms with Crippen molar-refractivity contribution in [3.8, 4) is 0 Å². The zero-order valence-corrected chi connectivity index (χ0v) is 19.8. The van der Waals surface area contributed by atoms with E-state index >= 15 is 0 Å². The Morgan fingerprint density at radius 3 is 2.41 bits per heavy atom. The second-order valence-corrected chi connectivity index (χ2v) is 9.05. The first-order valence-corrected chi connectivity index (χ1v) is 11.8. The Labute approximate surface area is 202 Å². The van der Waals surface area contributed by atoms with Crippen molar-refractivity contribution in [2.45, 2.75) is 13.0 Å². The average Bonchev–Trinajstić information content (AvgIpc) is 3.23. The Morgan fingerprint density at radius 1 is 0.971 bits per heavy atom. The average molecular weight is 479 g/mol. The smallest absolute Gasteiger partial charge is 0.329 e. The number of hydrogen-bond donors (Lipinski definition) is 1. The van der Waals surface area contributed by atoms with Crippen molar-refractivity contribution >= 4 is 28.7 Å².